The van der Waals surface area contributed by atoms with Crippen LogP contribution in [0.1, 0.15) is 33.6 Å². The number of ketones is 2. The summed E-state index contributed by atoms with van der Waals surface area (Å²) in [5.74, 6) is -1.83. The number of amides is 2. The number of para-hydroxylation sites is 1. The Labute approximate surface area is 207 Å². The van der Waals surface area contributed by atoms with Gasteiger partial charge in [-0.3, -0.25) is 19.2 Å². The van der Waals surface area contributed by atoms with Crippen LogP contribution in [0.25, 0.3) is 0 Å². The first-order valence-corrected chi connectivity index (χ1v) is 12.3. The second kappa shape index (κ2) is 7.45. The van der Waals surface area contributed by atoms with Crippen LogP contribution in [-0.2, 0) is 9.59 Å². The van der Waals surface area contributed by atoms with Gasteiger partial charge < -0.3 is 9.64 Å². The predicted molar refractivity (Wildman–Crippen MR) is 129 cm³/mol. The molecule has 2 amide bonds. The summed E-state index contributed by atoms with van der Waals surface area (Å²) in [5, 5.41) is 0. The van der Waals surface area contributed by atoms with Crippen molar-refractivity contribution >= 4 is 29.1 Å². The molecule has 7 heteroatoms. The van der Waals surface area contributed by atoms with E-state index < -0.39 is 23.3 Å². The average molecular weight is 480 g/mol. The molecule has 3 saturated heterocycles. The minimum absolute atomic E-state index is 0.223. The molecule has 0 bridgehead atoms. The third kappa shape index (κ3) is 2.55. The normalized spacial score (nSPS) is 27.5. The lowest BCUT2D eigenvalue weighted by molar-refractivity contribution is -0.930. The summed E-state index contributed by atoms with van der Waals surface area (Å²) >= 11 is 0. The van der Waals surface area contributed by atoms with Crippen LogP contribution in [0.3, 0.4) is 0 Å². The number of imide groups is 1. The lowest BCUT2D eigenvalue weighted by Gasteiger charge is -2.32. The fraction of sp³-hybridized carbons (Fsp3) is 0.241. The zero-order valence-corrected chi connectivity index (χ0v) is 19.3. The quantitative estimate of drug-likeness (QED) is 0.461. The van der Waals surface area contributed by atoms with E-state index in [0.717, 1.165) is 11.3 Å². The molecule has 3 heterocycles. The molecule has 7 rings (SSSR count). The summed E-state index contributed by atoms with van der Waals surface area (Å²) in [7, 11) is 0. The van der Waals surface area contributed by atoms with Crippen LogP contribution in [0.5, 0.6) is 11.5 Å². The molecule has 3 aliphatic heterocycles. The average Bonchev–Trinajstić information content (AvgIpc) is 3.60. The maximum absolute atomic E-state index is 14.0. The van der Waals surface area contributed by atoms with Gasteiger partial charge in [-0.25, -0.2) is 4.90 Å². The zero-order chi connectivity index (χ0) is 24.6. The number of hydrogen-bond acceptors (Lipinski definition) is 5. The van der Waals surface area contributed by atoms with Crippen molar-refractivity contribution in [2.75, 3.05) is 11.4 Å². The van der Waals surface area contributed by atoms with Gasteiger partial charge in [0.25, 0.3) is 0 Å². The van der Waals surface area contributed by atoms with Crippen LogP contribution in [0, 0.1) is 11.8 Å². The van der Waals surface area contributed by atoms with Crippen LogP contribution in [0.15, 0.2) is 78.9 Å². The fourth-order valence-corrected chi connectivity index (χ4v) is 7.03. The van der Waals surface area contributed by atoms with Crippen LogP contribution in [0.2, 0.25) is 0 Å². The lowest BCUT2D eigenvalue weighted by atomic mass is 9.76. The first kappa shape index (κ1) is 21.2. The minimum atomic E-state index is -1.55. The number of hydrogen-bond donors (Lipinski definition) is 1. The second-order valence-electron chi connectivity index (χ2n) is 9.96. The lowest BCUT2D eigenvalue weighted by Crippen LogP contribution is -3.22. The van der Waals surface area contributed by atoms with E-state index in [1.165, 1.54) is 4.90 Å². The summed E-state index contributed by atoms with van der Waals surface area (Å²) in [4.78, 5) is 57.5. The fourth-order valence-electron chi connectivity index (χ4n) is 7.03. The van der Waals surface area contributed by atoms with Gasteiger partial charge in [0, 0.05) is 24.0 Å². The number of carbonyl (C=O) groups excluding carboxylic acids is 4. The number of fused-ring (bicyclic) bond motifs is 6. The van der Waals surface area contributed by atoms with Crippen LogP contribution >= 0.6 is 0 Å². The number of carbonyl (C=O) groups is 4. The van der Waals surface area contributed by atoms with Crippen LogP contribution in [0.4, 0.5) is 5.69 Å². The van der Waals surface area contributed by atoms with E-state index in [4.69, 9.17) is 4.74 Å². The third-order valence-electron chi connectivity index (χ3n) is 8.37. The first-order valence-electron chi connectivity index (χ1n) is 12.3. The van der Waals surface area contributed by atoms with Crippen LogP contribution < -0.4 is 14.5 Å². The van der Waals surface area contributed by atoms with Crippen molar-refractivity contribution in [3.8, 4) is 11.5 Å². The number of benzene rings is 3. The van der Waals surface area contributed by atoms with E-state index in [9.17, 15) is 19.2 Å². The molecule has 0 aromatic heterocycles. The highest BCUT2D eigenvalue weighted by atomic mass is 16.5. The van der Waals surface area contributed by atoms with Crippen molar-refractivity contribution in [2.24, 2.45) is 11.8 Å². The summed E-state index contributed by atoms with van der Waals surface area (Å²) in [6, 6.07) is 22.7. The second-order valence-corrected chi connectivity index (χ2v) is 9.96. The summed E-state index contributed by atoms with van der Waals surface area (Å²) in [6.45, 7) is 0.606. The number of rotatable bonds is 3. The molecular weight excluding hydrogens is 456 g/mol. The summed E-state index contributed by atoms with van der Waals surface area (Å²) in [5.41, 5.74) is -0.400. The summed E-state index contributed by atoms with van der Waals surface area (Å²) in [6.07, 6.45) is 1.53. The number of nitrogens with one attached hydrogen (secondary N) is 1. The Morgan fingerprint density at radius 2 is 1.36 bits per heavy atom. The van der Waals surface area contributed by atoms with Crippen LogP contribution in [-0.4, -0.2) is 41.5 Å². The van der Waals surface area contributed by atoms with Crippen molar-refractivity contribution in [1.29, 1.82) is 0 Å². The Hall–Kier alpha value is -4.10. The highest BCUT2D eigenvalue weighted by Gasteiger charge is 2.80. The zero-order valence-electron chi connectivity index (χ0n) is 19.3. The molecular formula is C29H23N2O5+. The minimum Gasteiger partial charge on any atom is -0.457 e. The van der Waals surface area contributed by atoms with Gasteiger partial charge in [0.15, 0.2) is 0 Å². The molecule has 36 heavy (non-hydrogen) atoms. The molecule has 3 aromatic rings. The maximum Gasteiger partial charge on any atom is 0.245 e. The first-order chi connectivity index (χ1) is 17.5. The molecule has 1 unspecified atom stereocenters. The van der Waals surface area contributed by atoms with E-state index in [-0.39, 0.29) is 23.5 Å². The third-order valence-corrected chi connectivity index (χ3v) is 8.37. The van der Waals surface area contributed by atoms with Gasteiger partial charge in [-0.15, -0.1) is 0 Å². The van der Waals surface area contributed by atoms with E-state index in [2.05, 4.69) is 0 Å². The van der Waals surface area contributed by atoms with Crippen molar-refractivity contribution in [3.63, 3.8) is 0 Å². The molecule has 0 saturated carbocycles. The van der Waals surface area contributed by atoms with Crippen molar-refractivity contribution in [2.45, 2.75) is 24.4 Å². The molecule has 4 atom stereocenters. The topological polar surface area (TPSA) is 85.2 Å². The Bertz CT molecular complexity index is 1410. The van der Waals surface area contributed by atoms with E-state index in [0.29, 0.717) is 41.3 Å². The van der Waals surface area contributed by atoms with E-state index in [1.807, 2.05) is 30.3 Å². The molecule has 1 N–H and O–H groups in total. The predicted octanol–water partition coefficient (Wildman–Crippen LogP) is 2.46. The highest BCUT2D eigenvalue weighted by Crippen LogP contribution is 2.49. The smallest absolute Gasteiger partial charge is 0.245 e. The Morgan fingerprint density at radius 1 is 0.750 bits per heavy atom. The van der Waals surface area contributed by atoms with E-state index >= 15 is 0 Å². The molecule has 0 radical (unpaired) electrons. The van der Waals surface area contributed by atoms with Crippen molar-refractivity contribution < 1.29 is 28.8 Å². The van der Waals surface area contributed by atoms with Gasteiger partial charge >= 0.3 is 0 Å². The van der Waals surface area contributed by atoms with Crippen molar-refractivity contribution in [1.82, 2.24) is 0 Å². The summed E-state index contributed by atoms with van der Waals surface area (Å²) < 4.78 is 5.84. The highest BCUT2D eigenvalue weighted by molar-refractivity contribution is 6.36. The van der Waals surface area contributed by atoms with Crippen molar-refractivity contribution in [3.05, 3.63) is 90.0 Å². The molecule has 1 aliphatic carbocycles. The molecule has 7 nitrogen and oxygen atoms in total. The Kier molecular flexibility index (Phi) is 4.39. The monoisotopic (exact) mass is 479 g/mol. The molecule has 3 fully saturated rings. The molecule has 178 valence electrons. The number of nitrogens with zero attached hydrogens (tertiary/aromatic N) is 1. The van der Waals surface area contributed by atoms with Gasteiger partial charge in [0.2, 0.25) is 28.9 Å². The van der Waals surface area contributed by atoms with Gasteiger partial charge in [-0.2, -0.15) is 0 Å². The maximum atomic E-state index is 14.0. The molecule has 1 spiro atoms. The Balaban J connectivity index is 1.27. The largest absolute Gasteiger partial charge is 0.457 e. The number of quaternary nitrogens is 1. The number of ether oxygens (including phenoxy) is 1. The number of Topliss-reactive ketones (excluding diaryl/α,β-unsaturated/α-hetero) is 2. The molecule has 3 aromatic carbocycles. The van der Waals surface area contributed by atoms with Gasteiger partial charge in [0.05, 0.1) is 12.2 Å². The Morgan fingerprint density at radius 3 is 2.03 bits per heavy atom. The standard InChI is InChI=1S/C29H22N2O5/c32-25-20-9-4-5-10-21(20)26(33)29(25)24-23(22-11-6-16-30(22)29)27(34)31(28(24)35)17-12-14-19(15-13-17)36-18-7-2-1-3-8-18/h1-5,7-10,12-15,22-24H,6,11,16H2/p+1/t22-,23-,24+/m0/s1. The SMILES string of the molecule is O=C1[C@H]2[C@@H]3CCC[NH+]3C3(C(=O)c4ccccc4C3=O)[C@H]2C(=O)N1c1ccc(Oc2ccccc2)cc1. The van der Waals surface area contributed by atoms with E-state index in [1.54, 1.807) is 48.5 Å². The van der Waals surface area contributed by atoms with Gasteiger partial charge in [-0.1, -0.05) is 42.5 Å². The molecule has 4 aliphatic rings. The number of anilines is 1. The van der Waals surface area contributed by atoms with Gasteiger partial charge in [0.1, 0.15) is 29.4 Å². The van der Waals surface area contributed by atoms with Gasteiger partial charge in [-0.05, 0) is 36.4 Å².